The van der Waals surface area contributed by atoms with Crippen LogP contribution in [0.4, 0.5) is 0 Å². The van der Waals surface area contributed by atoms with Gasteiger partial charge in [0.15, 0.2) is 15.6 Å². The first-order valence-electron chi connectivity index (χ1n) is 8.84. The summed E-state index contributed by atoms with van der Waals surface area (Å²) in [6.07, 6.45) is 0.486. The van der Waals surface area contributed by atoms with Crippen molar-refractivity contribution < 1.29 is 17.6 Å². The summed E-state index contributed by atoms with van der Waals surface area (Å²) in [5.74, 6) is 0.269. The fourth-order valence-electron chi connectivity index (χ4n) is 3.50. The molecule has 2 heterocycles. The van der Waals surface area contributed by atoms with E-state index in [4.69, 9.17) is 4.42 Å². The number of carbonyl (C=O) groups is 1. The molecule has 0 bridgehead atoms. The summed E-state index contributed by atoms with van der Waals surface area (Å²) in [6.45, 7) is 4.98. The molecule has 1 atom stereocenters. The highest BCUT2D eigenvalue weighted by Gasteiger charge is 2.36. The fraction of sp³-hybridized carbons (Fsp3) is 0.526. The van der Waals surface area contributed by atoms with E-state index < -0.39 is 9.84 Å². The normalized spacial score (nSPS) is 19.3. The van der Waals surface area contributed by atoms with Gasteiger partial charge in [-0.25, -0.2) is 8.42 Å². The number of aryl methyl sites for hydroxylation is 2. The highest BCUT2D eigenvalue weighted by Crippen LogP contribution is 2.30. The van der Waals surface area contributed by atoms with Gasteiger partial charge in [0.1, 0.15) is 5.58 Å². The van der Waals surface area contributed by atoms with Crippen LogP contribution in [-0.2, 0) is 9.84 Å². The molecule has 1 saturated heterocycles. The fourth-order valence-corrected chi connectivity index (χ4v) is 5.23. The van der Waals surface area contributed by atoms with Gasteiger partial charge in [-0.1, -0.05) is 18.2 Å². The molecule has 26 heavy (non-hydrogen) atoms. The molecule has 1 aromatic carbocycles. The average molecular weight is 378 g/mol. The predicted molar refractivity (Wildman–Crippen MR) is 102 cm³/mol. The molecule has 0 radical (unpaired) electrons. The molecule has 1 aliphatic heterocycles. The quantitative estimate of drug-likeness (QED) is 0.798. The molecule has 3 rings (SSSR count). The van der Waals surface area contributed by atoms with Crippen LogP contribution in [0.5, 0.6) is 0 Å². The summed E-state index contributed by atoms with van der Waals surface area (Å²) >= 11 is 0. The number of likely N-dealkylation sites (N-methyl/N-ethyl adjacent to an activating group) is 1. The van der Waals surface area contributed by atoms with Crippen LogP contribution >= 0.6 is 0 Å². The van der Waals surface area contributed by atoms with E-state index in [1.54, 1.807) is 4.90 Å². The molecule has 1 aromatic heterocycles. The van der Waals surface area contributed by atoms with Crippen LogP contribution < -0.4 is 0 Å². The van der Waals surface area contributed by atoms with E-state index in [0.29, 0.717) is 25.3 Å². The van der Waals surface area contributed by atoms with E-state index >= 15 is 0 Å². The monoisotopic (exact) mass is 378 g/mol. The van der Waals surface area contributed by atoms with E-state index in [1.807, 2.05) is 51.0 Å². The third-order valence-electron chi connectivity index (χ3n) is 5.05. The van der Waals surface area contributed by atoms with Crippen molar-refractivity contribution in [2.24, 2.45) is 0 Å². The maximum Gasteiger partial charge on any atom is 0.290 e. The molecule has 6 nitrogen and oxygen atoms in total. The standard InChI is InChI=1S/C19H26N2O4S/c1-13-6-5-7-16-14(2)18(25-17(13)16)19(22)21(10-9-20(3)4)15-8-11-26(23,24)12-15/h5-7,15H,8-12H2,1-4H3. The topological polar surface area (TPSA) is 70.8 Å². The van der Waals surface area contributed by atoms with Gasteiger partial charge in [-0.3, -0.25) is 4.79 Å². The Hall–Kier alpha value is -1.86. The van der Waals surface area contributed by atoms with Crippen molar-refractivity contribution in [3.8, 4) is 0 Å². The molecule has 1 fully saturated rings. The second kappa shape index (κ2) is 7.04. The third kappa shape index (κ3) is 3.64. The number of hydrogen-bond acceptors (Lipinski definition) is 5. The number of carbonyl (C=O) groups excluding carboxylic acids is 1. The molecule has 0 spiro atoms. The lowest BCUT2D eigenvalue weighted by Crippen LogP contribution is -2.44. The van der Waals surface area contributed by atoms with Gasteiger partial charge < -0.3 is 14.2 Å². The van der Waals surface area contributed by atoms with Crippen molar-refractivity contribution in [3.05, 3.63) is 35.1 Å². The number of fused-ring (bicyclic) bond motifs is 1. The zero-order chi connectivity index (χ0) is 19.1. The Bertz CT molecular complexity index is 930. The lowest BCUT2D eigenvalue weighted by Gasteiger charge is -2.29. The van der Waals surface area contributed by atoms with Gasteiger partial charge in [-0.2, -0.15) is 0 Å². The molecule has 0 aliphatic carbocycles. The molecule has 1 aliphatic rings. The molecule has 142 valence electrons. The van der Waals surface area contributed by atoms with E-state index in [9.17, 15) is 13.2 Å². The molecule has 1 amide bonds. The Balaban J connectivity index is 1.97. The van der Waals surface area contributed by atoms with Gasteiger partial charge in [0.2, 0.25) is 0 Å². The van der Waals surface area contributed by atoms with Crippen LogP contribution in [0.3, 0.4) is 0 Å². The molecule has 0 N–H and O–H groups in total. The van der Waals surface area contributed by atoms with Crippen LogP contribution in [0.1, 0.15) is 28.1 Å². The Morgan fingerprint density at radius 3 is 2.54 bits per heavy atom. The summed E-state index contributed by atoms with van der Waals surface area (Å²) in [5, 5.41) is 0.931. The summed E-state index contributed by atoms with van der Waals surface area (Å²) < 4.78 is 29.8. The first kappa shape index (κ1) is 18.9. The van der Waals surface area contributed by atoms with Crippen LogP contribution in [0.25, 0.3) is 11.0 Å². The average Bonchev–Trinajstić information content (AvgIpc) is 3.08. The number of furan rings is 1. The van der Waals surface area contributed by atoms with Crippen LogP contribution in [0.2, 0.25) is 0 Å². The van der Waals surface area contributed by atoms with Crippen LogP contribution in [-0.4, -0.2) is 68.9 Å². The summed E-state index contributed by atoms with van der Waals surface area (Å²) in [7, 11) is 0.794. The third-order valence-corrected chi connectivity index (χ3v) is 6.80. The van der Waals surface area contributed by atoms with Crippen LogP contribution in [0.15, 0.2) is 22.6 Å². The second-order valence-corrected chi connectivity index (χ2v) is 9.60. The first-order chi connectivity index (χ1) is 12.2. The highest BCUT2D eigenvalue weighted by molar-refractivity contribution is 7.91. The summed E-state index contributed by atoms with van der Waals surface area (Å²) in [6, 6.07) is 5.55. The Labute approximate surface area is 154 Å². The van der Waals surface area contributed by atoms with Gasteiger partial charge in [0, 0.05) is 30.1 Å². The molecule has 7 heteroatoms. The van der Waals surface area contributed by atoms with Crippen molar-refractivity contribution >= 4 is 26.7 Å². The van der Waals surface area contributed by atoms with Gasteiger partial charge in [0.25, 0.3) is 5.91 Å². The van der Waals surface area contributed by atoms with Crippen molar-refractivity contribution in [1.82, 2.24) is 9.80 Å². The molecule has 1 unspecified atom stereocenters. The minimum absolute atomic E-state index is 0.0322. The van der Waals surface area contributed by atoms with Gasteiger partial charge in [-0.15, -0.1) is 0 Å². The van der Waals surface area contributed by atoms with Gasteiger partial charge in [-0.05, 0) is 39.9 Å². The van der Waals surface area contributed by atoms with E-state index in [2.05, 4.69) is 0 Å². The maximum atomic E-state index is 13.3. The number of sulfone groups is 1. The first-order valence-corrected chi connectivity index (χ1v) is 10.7. The minimum Gasteiger partial charge on any atom is -0.450 e. The Morgan fingerprint density at radius 1 is 1.23 bits per heavy atom. The molecule has 2 aromatic rings. The summed E-state index contributed by atoms with van der Waals surface area (Å²) in [4.78, 5) is 16.9. The number of hydrogen-bond donors (Lipinski definition) is 0. The molecule has 0 saturated carbocycles. The van der Waals surface area contributed by atoms with E-state index in [0.717, 1.165) is 22.1 Å². The minimum atomic E-state index is -3.07. The highest BCUT2D eigenvalue weighted by atomic mass is 32.2. The number of rotatable bonds is 5. The van der Waals surface area contributed by atoms with E-state index in [-0.39, 0.29) is 23.5 Å². The van der Waals surface area contributed by atoms with Gasteiger partial charge >= 0.3 is 0 Å². The second-order valence-electron chi connectivity index (χ2n) is 7.37. The number of amides is 1. The SMILES string of the molecule is Cc1c(C(=O)N(CCN(C)C)C2CCS(=O)(=O)C2)oc2c(C)cccc12. The lowest BCUT2D eigenvalue weighted by atomic mass is 10.1. The van der Waals surface area contributed by atoms with Crippen molar-refractivity contribution in [2.75, 3.05) is 38.7 Å². The largest absolute Gasteiger partial charge is 0.450 e. The lowest BCUT2D eigenvalue weighted by molar-refractivity contribution is 0.0652. The zero-order valence-electron chi connectivity index (χ0n) is 15.8. The van der Waals surface area contributed by atoms with Crippen LogP contribution in [0, 0.1) is 13.8 Å². The van der Waals surface area contributed by atoms with E-state index in [1.165, 1.54) is 0 Å². The predicted octanol–water partition coefficient (Wildman–Crippen LogP) is 2.24. The maximum absolute atomic E-state index is 13.3. The van der Waals surface area contributed by atoms with Crippen molar-refractivity contribution in [3.63, 3.8) is 0 Å². The Kier molecular flexibility index (Phi) is 5.12. The summed E-state index contributed by atoms with van der Waals surface area (Å²) in [5.41, 5.74) is 2.51. The van der Waals surface area contributed by atoms with Gasteiger partial charge in [0.05, 0.1) is 11.5 Å². The number of para-hydroxylation sites is 1. The smallest absolute Gasteiger partial charge is 0.290 e. The molecular formula is C19H26N2O4S. The van der Waals surface area contributed by atoms with Crippen molar-refractivity contribution in [1.29, 1.82) is 0 Å². The van der Waals surface area contributed by atoms with Crippen molar-refractivity contribution in [2.45, 2.75) is 26.3 Å². The number of nitrogens with zero attached hydrogens (tertiary/aromatic N) is 2. The number of benzene rings is 1. The Morgan fingerprint density at radius 2 is 1.96 bits per heavy atom. The zero-order valence-corrected chi connectivity index (χ0v) is 16.6. The molecular weight excluding hydrogens is 352 g/mol.